The molecule has 1 aromatic carbocycles. The molecule has 2 fully saturated rings. The molecule has 128 valence electrons. The minimum atomic E-state index is -0.558. The zero-order valence-electron chi connectivity index (χ0n) is 12.8. The summed E-state index contributed by atoms with van der Waals surface area (Å²) in [5.74, 6) is -0.755. The van der Waals surface area contributed by atoms with E-state index in [2.05, 4.69) is 9.88 Å². The predicted molar refractivity (Wildman–Crippen MR) is 90.4 cm³/mol. The van der Waals surface area contributed by atoms with Crippen LogP contribution in [0.5, 0.6) is 0 Å². The Kier molecular flexibility index (Phi) is 4.16. The van der Waals surface area contributed by atoms with E-state index in [1.807, 2.05) is 0 Å². The van der Waals surface area contributed by atoms with E-state index in [0.717, 1.165) is 19.7 Å². The van der Waals surface area contributed by atoms with E-state index < -0.39 is 5.82 Å². The van der Waals surface area contributed by atoms with Crippen LogP contribution in [-0.2, 0) is 4.74 Å². The highest BCUT2D eigenvalue weighted by Crippen LogP contribution is 2.35. The molecule has 4 rings (SSSR count). The van der Waals surface area contributed by atoms with Crippen molar-refractivity contribution >= 4 is 40.0 Å². The SMILES string of the molecule is O=C(c1[nH]c2ccc(F)c(Cl)c2c1Cl)N1CCN2CCOCC2C1. The predicted octanol–water partition coefficient (Wildman–Crippen LogP) is 2.77. The van der Waals surface area contributed by atoms with Crippen LogP contribution in [-0.4, -0.2) is 66.1 Å². The smallest absolute Gasteiger partial charge is 0.271 e. The van der Waals surface area contributed by atoms with E-state index in [1.165, 1.54) is 12.1 Å². The lowest BCUT2D eigenvalue weighted by molar-refractivity contribution is -0.0395. The number of piperazine rings is 1. The Morgan fingerprint density at radius 3 is 2.92 bits per heavy atom. The third-order valence-corrected chi connectivity index (χ3v) is 5.48. The van der Waals surface area contributed by atoms with Gasteiger partial charge in [-0.25, -0.2) is 4.39 Å². The van der Waals surface area contributed by atoms with Gasteiger partial charge in [-0.1, -0.05) is 23.2 Å². The first-order valence-corrected chi connectivity index (χ1v) is 8.58. The molecule has 1 amide bonds. The van der Waals surface area contributed by atoms with Gasteiger partial charge in [0.1, 0.15) is 11.5 Å². The highest BCUT2D eigenvalue weighted by atomic mass is 35.5. The van der Waals surface area contributed by atoms with Crippen molar-refractivity contribution in [1.82, 2.24) is 14.8 Å². The molecule has 0 aliphatic carbocycles. The molecule has 2 saturated heterocycles. The van der Waals surface area contributed by atoms with Crippen LogP contribution in [0.15, 0.2) is 12.1 Å². The topological polar surface area (TPSA) is 48.6 Å². The van der Waals surface area contributed by atoms with Crippen LogP contribution in [0.2, 0.25) is 10.0 Å². The van der Waals surface area contributed by atoms with Gasteiger partial charge in [0.25, 0.3) is 5.91 Å². The largest absolute Gasteiger partial charge is 0.378 e. The molecular weight excluding hydrogens is 356 g/mol. The van der Waals surface area contributed by atoms with Gasteiger partial charge in [-0.15, -0.1) is 0 Å². The van der Waals surface area contributed by atoms with Crippen LogP contribution >= 0.6 is 23.2 Å². The Hall–Kier alpha value is -1.34. The minimum Gasteiger partial charge on any atom is -0.378 e. The number of aromatic nitrogens is 1. The van der Waals surface area contributed by atoms with Gasteiger partial charge in [-0.05, 0) is 12.1 Å². The molecule has 0 bridgehead atoms. The third kappa shape index (κ3) is 2.58. The van der Waals surface area contributed by atoms with Crippen molar-refractivity contribution in [2.75, 3.05) is 39.4 Å². The summed E-state index contributed by atoms with van der Waals surface area (Å²) < 4.78 is 19.2. The zero-order valence-corrected chi connectivity index (χ0v) is 14.3. The van der Waals surface area contributed by atoms with Crippen LogP contribution in [0.1, 0.15) is 10.5 Å². The molecule has 1 atom stereocenters. The summed E-state index contributed by atoms with van der Waals surface area (Å²) in [6, 6.07) is 3.00. The van der Waals surface area contributed by atoms with Gasteiger partial charge in [0.05, 0.1) is 29.3 Å². The van der Waals surface area contributed by atoms with Crippen LogP contribution in [0, 0.1) is 5.82 Å². The molecule has 24 heavy (non-hydrogen) atoms. The molecule has 1 aromatic heterocycles. The number of carbonyl (C=O) groups excluding carboxylic acids is 1. The summed E-state index contributed by atoms with van der Waals surface area (Å²) in [6.45, 7) is 4.29. The second-order valence-corrected chi connectivity index (χ2v) is 6.87. The monoisotopic (exact) mass is 371 g/mol. The number of amides is 1. The van der Waals surface area contributed by atoms with Crippen molar-refractivity contribution in [1.29, 1.82) is 0 Å². The fourth-order valence-corrected chi connectivity index (χ4v) is 4.05. The van der Waals surface area contributed by atoms with Crippen molar-refractivity contribution < 1.29 is 13.9 Å². The number of H-pyrrole nitrogens is 1. The zero-order chi connectivity index (χ0) is 16.8. The lowest BCUT2D eigenvalue weighted by Gasteiger charge is -2.43. The molecule has 8 heteroatoms. The second-order valence-electron chi connectivity index (χ2n) is 6.11. The lowest BCUT2D eigenvalue weighted by atomic mass is 10.1. The maximum atomic E-state index is 13.7. The molecule has 5 nitrogen and oxygen atoms in total. The van der Waals surface area contributed by atoms with E-state index in [4.69, 9.17) is 27.9 Å². The Morgan fingerprint density at radius 2 is 2.08 bits per heavy atom. The van der Waals surface area contributed by atoms with Gasteiger partial charge in [0.15, 0.2) is 0 Å². The summed E-state index contributed by atoms with van der Waals surface area (Å²) in [5, 5.41) is 0.446. The third-order valence-electron chi connectivity index (χ3n) is 4.73. The van der Waals surface area contributed by atoms with E-state index >= 15 is 0 Å². The molecule has 1 N–H and O–H groups in total. The molecular formula is C16H16Cl2FN3O2. The quantitative estimate of drug-likeness (QED) is 0.838. The molecule has 2 aliphatic rings. The molecule has 1 unspecified atom stereocenters. The summed E-state index contributed by atoms with van der Waals surface area (Å²) in [7, 11) is 0. The normalized spacial score (nSPS) is 22.0. The first-order valence-electron chi connectivity index (χ1n) is 7.82. The highest BCUT2D eigenvalue weighted by Gasteiger charge is 2.33. The highest BCUT2D eigenvalue weighted by molar-refractivity contribution is 6.44. The van der Waals surface area contributed by atoms with Gasteiger partial charge < -0.3 is 14.6 Å². The fourth-order valence-electron chi connectivity index (χ4n) is 3.42. The standard InChI is InChI=1S/C16H16Cl2FN3O2/c17-13-10(19)1-2-11-12(13)14(18)15(20-11)16(23)22-4-3-21-5-6-24-8-9(21)7-22/h1-2,9,20H,3-8H2. The average molecular weight is 372 g/mol. The maximum absolute atomic E-state index is 13.7. The summed E-state index contributed by atoms with van der Waals surface area (Å²) >= 11 is 12.3. The number of hydrogen-bond donors (Lipinski definition) is 1. The average Bonchev–Trinajstić information content (AvgIpc) is 2.94. The van der Waals surface area contributed by atoms with E-state index in [-0.39, 0.29) is 27.7 Å². The first kappa shape index (κ1) is 16.1. The number of nitrogens with zero attached hydrogens (tertiary/aromatic N) is 2. The number of hydrogen-bond acceptors (Lipinski definition) is 3. The van der Waals surface area contributed by atoms with E-state index in [0.29, 0.717) is 30.6 Å². The molecule has 2 aliphatic heterocycles. The molecule has 3 heterocycles. The van der Waals surface area contributed by atoms with Crippen molar-refractivity contribution in [2.45, 2.75) is 6.04 Å². The molecule has 0 saturated carbocycles. The second kappa shape index (κ2) is 6.19. The summed E-state index contributed by atoms with van der Waals surface area (Å²) in [5.41, 5.74) is 0.804. The Labute approximate surface area is 148 Å². The molecule has 0 spiro atoms. The molecule has 2 aromatic rings. The number of carbonyl (C=O) groups is 1. The van der Waals surface area contributed by atoms with Crippen LogP contribution in [0.3, 0.4) is 0 Å². The lowest BCUT2D eigenvalue weighted by Crippen LogP contribution is -2.59. The summed E-state index contributed by atoms with van der Waals surface area (Å²) in [4.78, 5) is 20.0. The van der Waals surface area contributed by atoms with Gasteiger partial charge in [-0.3, -0.25) is 9.69 Å². The van der Waals surface area contributed by atoms with Crippen molar-refractivity contribution in [3.8, 4) is 0 Å². The number of fused-ring (bicyclic) bond motifs is 2. The number of rotatable bonds is 1. The van der Waals surface area contributed by atoms with Gasteiger partial charge in [-0.2, -0.15) is 0 Å². The fraction of sp³-hybridized carbons (Fsp3) is 0.438. The minimum absolute atomic E-state index is 0.0710. The van der Waals surface area contributed by atoms with E-state index in [9.17, 15) is 9.18 Å². The van der Waals surface area contributed by atoms with Gasteiger partial charge >= 0.3 is 0 Å². The Morgan fingerprint density at radius 1 is 1.25 bits per heavy atom. The Balaban J connectivity index is 1.64. The van der Waals surface area contributed by atoms with Crippen molar-refractivity contribution in [3.63, 3.8) is 0 Å². The van der Waals surface area contributed by atoms with Gasteiger partial charge in [0, 0.05) is 37.1 Å². The van der Waals surface area contributed by atoms with Crippen LogP contribution < -0.4 is 0 Å². The Bertz CT molecular complexity index is 810. The number of aromatic amines is 1. The maximum Gasteiger partial charge on any atom is 0.271 e. The number of halogens is 3. The summed E-state index contributed by atoms with van der Waals surface area (Å²) in [6.07, 6.45) is 0. The first-order chi connectivity index (χ1) is 11.6. The number of morpholine rings is 1. The van der Waals surface area contributed by atoms with Crippen molar-refractivity contribution in [3.05, 3.63) is 33.7 Å². The van der Waals surface area contributed by atoms with Crippen LogP contribution in [0.25, 0.3) is 10.9 Å². The number of ether oxygens (including phenoxy) is 1. The number of benzene rings is 1. The van der Waals surface area contributed by atoms with Crippen LogP contribution in [0.4, 0.5) is 4.39 Å². The van der Waals surface area contributed by atoms with E-state index in [1.54, 1.807) is 4.90 Å². The van der Waals surface area contributed by atoms with Gasteiger partial charge in [0.2, 0.25) is 0 Å². The number of nitrogens with one attached hydrogen (secondary N) is 1. The molecule has 0 radical (unpaired) electrons. The van der Waals surface area contributed by atoms with Crippen molar-refractivity contribution in [2.24, 2.45) is 0 Å².